The minimum Gasteiger partial charge on any atom is -0.356 e. The lowest BCUT2D eigenvalue weighted by Crippen LogP contribution is -2.56. The van der Waals surface area contributed by atoms with Crippen LogP contribution in [0.4, 0.5) is 0 Å². The molecule has 0 unspecified atom stereocenters. The topological polar surface area (TPSA) is 102 Å². The highest BCUT2D eigenvalue weighted by atomic mass is 16.2. The smallest absolute Gasteiger partial charge is 0.244 e. The van der Waals surface area contributed by atoms with E-state index < -0.39 is 17.5 Å². The number of amides is 3. The number of benzene rings is 1. The normalized spacial score (nSPS) is 31.3. The van der Waals surface area contributed by atoms with E-state index in [4.69, 9.17) is 0 Å². The first-order chi connectivity index (χ1) is 16.3. The lowest BCUT2D eigenvalue weighted by Gasteiger charge is -2.38. The molecule has 34 heavy (non-hydrogen) atoms. The van der Waals surface area contributed by atoms with Gasteiger partial charge in [0.05, 0.1) is 11.5 Å². The SMILES string of the molecule is CC1(C)[C@@H]2[C@@H](C(=O)N[C@H](C#N)C[C@@H]3CCNC3=O)N(C(=O)C3(c4ccccc4)CCCC3)C[C@@H]21. The number of nitrogens with one attached hydrogen (secondary N) is 2. The summed E-state index contributed by atoms with van der Waals surface area (Å²) in [6.07, 6.45) is 4.60. The Balaban J connectivity index is 1.38. The fourth-order valence-corrected chi connectivity index (χ4v) is 6.99. The van der Waals surface area contributed by atoms with Gasteiger partial charge in [0.1, 0.15) is 12.1 Å². The summed E-state index contributed by atoms with van der Waals surface area (Å²) in [5.74, 6) is -0.110. The van der Waals surface area contributed by atoms with Crippen molar-refractivity contribution in [1.82, 2.24) is 15.5 Å². The van der Waals surface area contributed by atoms with E-state index in [1.54, 1.807) is 0 Å². The van der Waals surface area contributed by atoms with E-state index in [1.807, 2.05) is 35.2 Å². The number of fused-ring (bicyclic) bond motifs is 1. The molecule has 7 nitrogen and oxygen atoms in total. The predicted octanol–water partition coefficient (Wildman–Crippen LogP) is 2.52. The van der Waals surface area contributed by atoms with E-state index in [9.17, 15) is 19.6 Å². The van der Waals surface area contributed by atoms with Gasteiger partial charge in [-0.25, -0.2) is 0 Å². The van der Waals surface area contributed by atoms with E-state index in [2.05, 4.69) is 30.6 Å². The van der Waals surface area contributed by atoms with Crippen LogP contribution in [-0.4, -0.2) is 47.8 Å². The molecule has 2 heterocycles. The fraction of sp³-hybridized carbons (Fsp3) is 0.630. The van der Waals surface area contributed by atoms with Gasteiger partial charge in [0, 0.05) is 19.0 Å². The van der Waals surface area contributed by atoms with Crippen LogP contribution in [0.2, 0.25) is 0 Å². The maximum atomic E-state index is 14.2. The summed E-state index contributed by atoms with van der Waals surface area (Å²) in [5.41, 5.74) is 0.470. The Kier molecular flexibility index (Phi) is 5.66. The first-order valence-corrected chi connectivity index (χ1v) is 12.6. The number of carbonyl (C=O) groups excluding carboxylic acids is 3. The van der Waals surface area contributed by atoms with Gasteiger partial charge in [0.25, 0.3) is 0 Å². The van der Waals surface area contributed by atoms with E-state index in [0.717, 1.165) is 31.2 Å². The lowest BCUT2D eigenvalue weighted by molar-refractivity contribution is -0.145. The molecule has 0 bridgehead atoms. The van der Waals surface area contributed by atoms with Crippen LogP contribution in [0.15, 0.2) is 30.3 Å². The highest BCUT2D eigenvalue weighted by molar-refractivity contribution is 5.95. The van der Waals surface area contributed by atoms with Crippen LogP contribution in [0, 0.1) is 34.5 Å². The first kappa shape index (κ1) is 22.9. The third-order valence-electron chi connectivity index (χ3n) is 9.09. The van der Waals surface area contributed by atoms with Gasteiger partial charge < -0.3 is 15.5 Å². The predicted molar refractivity (Wildman–Crippen MR) is 126 cm³/mol. The lowest BCUT2D eigenvalue weighted by atomic mass is 9.77. The second-order valence-electron chi connectivity index (χ2n) is 11.2. The number of nitriles is 1. The van der Waals surface area contributed by atoms with Crippen molar-refractivity contribution < 1.29 is 14.4 Å². The number of likely N-dealkylation sites (tertiary alicyclic amines) is 1. The molecular formula is C27H34N4O3. The van der Waals surface area contributed by atoms with Crippen LogP contribution in [0.3, 0.4) is 0 Å². The molecule has 2 N–H and O–H groups in total. The van der Waals surface area contributed by atoms with Gasteiger partial charge in [-0.1, -0.05) is 57.0 Å². The summed E-state index contributed by atoms with van der Waals surface area (Å²) in [4.78, 5) is 41.6. The highest BCUT2D eigenvalue weighted by Gasteiger charge is 2.70. The molecule has 3 amide bonds. The summed E-state index contributed by atoms with van der Waals surface area (Å²) in [6.45, 7) is 5.53. The molecule has 2 saturated heterocycles. The van der Waals surface area contributed by atoms with Crippen molar-refractivity contribution in [2.45, 2.75) is 69.9 Å². The summed E-state index contributed by atoms with van der Waals surface area (Å²) in [7, 11) is 0. The summed E-state index contributed by atoms with van der Waals surface area (Å²) < 4.78 is 0. The Bertz CT molecular complexity index is 1020. The summed E-state index contributed by atoms with van der Waals surface area (Å²) >= 11 is 0. The van der Waals surface area contributed by atoms with Gasteiger partial charge in [0.15, 0.2) is 0 Å². The highest BCUT2D eigenvalue weighted by Crippen LogP contribution is 2.65. The largest absolute Gasteiger partial charge is 0.356 e. The molecule has 1 aromatic rings. The van der Waals surface area contributed by atoms with Crippen LogP contribution in [0.25, 0.3) is 0 Å². The zero-order chi connectivity index (χ0) is 24.1. The van der Waals surface area contributed by atoms with Crippen LogP contribution in [0.5, 0.6) is 0 Å². The Morgan fingerprint density at radius 1 is 1.24 bits per heavy atom. The van der Waals surface area contributed by atoms with Crippen molar-refractivity contribution in [3.05, 3.63) is 35.9 Å². The average molecular weight is 463 g/mol. The monoisotopic (exact) mass is 462 g/mol. The van der Waals surface area contributed by atoms with Gasteiger partial charge in [-0.2, -0.15) is 5.26 Å². The number of nitrogens with zero attached hydrogens (tertiary/aromatic N) is 2. The molecule has 7 heteroatoms. The molecule has 0 radical (unpaired) electrons. The van der Waals surface area contributed by atoms with Crippen molar-refractivity contribution in [1.29, 1.82) is 5.26 Å². The van der Waals surface area contributed by atoms with E-state index >= 15 is 0 Å². The molecule has 1 aromatic carbocycles. The maximum absolute atomic E-state index is 14.2. The number of rotatable bonds is 6. The van der Waals surface area contributed by atoms with E-state index in [-0.39, 0.29) is 35.0 Å². The zero-order valence-corrected chi connectivity index (χ0v) is 20.0. The fourth-order valence-electron chi connectivity index (χ4n) is 6.99. The van der Waals surface area contributed by atoms with Crippen LogP contribution < -0.4 is 10.6 Å². The molecule has 2 saturated carbocycles. The molecule has 2 aliphatic carbocycles. The third-order valence-corrected chi connectivity index (χ3v) is 9.09. The van der Waals surface area contributed by atoms with Crippen molar-refractivity contribution in [3.63, 3.8) is 0 Å². The van der Waals surface area contributed by atoms with Gasteiger partial charge >= 0.3 is 0 Å². The van der Waals surface area contributed by atoms with Crippen LogP contribution in [0.1, 0.15) is 57.9 Å². The number of carbonyl (C=O) groups is 3. The van der Waals surface area contributed by atoms with Crippen LogP contribution in [-0.2, 0) is 19.8 Å². The average Bonchev–Trinajstić information content (AvgIpc) is 3.39. The molecule has 0 spiro atoms. The molecule has 0 aromatic heterocycles. The third kappa shape index (κ3) is 3.59. The zero-order valence-electron chi connectivity index (χ0n) is 20.0. The Morgan fingerprint density at radius 2 is 1.94 bits per heavy atom. The molecule has 180 valence electrons. The molecule has 2 aliphatic heterocycles. The minimum absolute atomic E-state index is 0.00184. The van der Waals surface area contributed by atoms with E-state index in [1.165, 1.54) is 0 Å². The Hall–Kier alpha value is -2.88. The minimum atomic E-state index is -0.742. The summed E-state index contributed by atoms with van der Waals surface area (Å²) in [6, 6.07) is 10.9. The second-order valence-corrected chi connectivity index (χ2v) is 11.2. The molecular weight excluding hydrogens is 428 g/mol. The number of piperidine rings is 1. The van der Waals surface area contributed by atoms with Gasteiger partial charge in [-0.3, -0.25) is 14.4 Å². The van der Waals surface area contributed by atoms with E-state index in [0.29, 0.717) is 31.8 Å². The van der Waals surface area contributed by atoms with Crippen molar-refractivity contribution in [2.75, 3.05) is 13.1 Å². The Morgan fingerprint density at radius 3 is 2.56 bits per heavy atom. The maximum Gasteiger partial charge on any atom is 0.244 e. The first-order valence-electron chi connectivity index (χ1n) is 12.6. The Labute approximate surface area is 201 Å². The van der Waals surface area contributed by atoms with Crippen LogP contribution >= 0.6 is 0 Å². The molecule has 4 fully saturated rings. The van der Waals surface area contributed by atoms with Gasteiger partial charge in [-0.15, -0.1) is 0 Å². The second kappa shape index (κ2) is 8.41. The quantitative estimate of drug-likeness (QED) is 0.678. The van der Waals surface area contributed by atoms with Gasteiger partial charge in [0.2, 0.25) is 17.7 Å². The van der Waals surface area contributed by atoms with Crippen molar-refractivity contribution >= 4 is 17.7 Å². The van der Waals surface area contributed by atoms with Gasteiger partial charge in [-0.05, 0) is 48.5 Å². The standard InChI is InChI=1S/C27H34N4O3/c1-26(2)20-16-31(25(34)27(11-6-7-12-27)18-8-4-3-5-9-18)22(21(20)26)24(33)30-19(15-28)14-17-10-13-29-23(17)32/h3-5,8-9,17,19-22H,6-7,10-14,16H2,1-2H3,(H,29,32)(H,30,33)/t17-,19-,20-,21-,22-/m0/s1. The van der Waals surface area contributed by atoms with Crippen molar-refractivity contribution in [3.8, 4) is 6.07 Å². The number of hydrogen-bond donors (Lipinski definition) is 2. The molecule has 4 aliphatic rings. The van der Waals surface area contributed by atoms with Crippen molar-refractivity contribution in [2.24, 2.45) is 23.2 Å². The molecule has 5 rings (SSSR count). The summed E-state index contributed by atoms with van der Waals surface area (Å²) in [5, 5.41) is 15.4. The molecule has 5 atom stereocenters. The number of hydrogen-bond acceptors (Lipinski definition) is 4.